The van der Waals surface area contributed by atoms with Crippen LogP contribution < -0.4 is 0 Å². The molecule has 0 amide bonds. The van der Waals surface area contributed by atoms with Crippen molar-refractivity contribution in [3.63, 3.8) is 0 Å². The lowest BCUT2D eigenvalue weighted by atomic mass is 10.1. The molecule has 0 atom stereocenters. The Kier molecular flexibility index (Phi) is 2.86. The zero-order valence-corrected chi connectivity index (χ0v) is 8.70. The predicted molar refractivity (Wildman–Crippen MR) is 52.6 cm³/mol. The maximum Gasteiger partial charge on any atom is 0.0645 e. The number of hydrogen-bond donors (Lipinski definition) is 0. The van der Waals surface area contributed by atoms with Gasteiger partial charge in [-0.1, -0.05) is 0 Å². The molecular weight excluding hydrogens is 164 g/mol. The van der Waals surface area contributed by atoms with Crippen molar-refractivity contribution in [2.45, 2.75) is 32.4 Å². The van der Waals surface area contributed by atoms with Crippen LogP contribution in [0.15, 0.2) is 0 Å². The van der Waals surface area contributed by atoms with Crippen LogP contribution in [0, 0.1) is 0 Å². The summed E-state index contributed by atoms with van der Waals surface area (Å²) < 4.78 is 5.22. The Morgan fingerprint density at radius 3 is 2.54 bits per heavy atom. The van der Waals surface area contributed by atoms with E-state index in [0.717, 1.165) is 19.9 Å². The fourth-order valence-corrected chi connectivity index (χ4v) is 2.01. The minimum absolute atomic E-state index is 0.684. The van der Waals surface area contributed by atoms with Crippen molar-refractivity contribution in [1.82, 2.24) is 9.80 Å². The van der Waals surface area contributed by atoms with E-state index in [0.29, 0.717) is 12.1 Å². The van der Waals surface area contributed by atoms with Crippen LogP contribution in [0.3, 0.4) is 0 Å². The van der Waals surface area contributed by atoms with Gasteiger partial charge in [-0.15, -0.1) is 0 Å². The van der Waals surface area contributed by atoms with Crippen LogP contribution in [0.1, 0.15) is 20.3 Å². The van der Waals surface area contributed by atoms with Crippen molar-refractivity contribution in [2.75, 3.05) is 33.0 Å². The van der Waals surface area contributed by atoms with Gasteiger partial charge in [0.1, 0.15) is 0 Å². The first kappa shape index (κ1) is 9.44. The quantitative estimate of drug-likeness (QED) is 0.630. The molecule has 2 saturated heterocycles. The van der Waals surface area contributed by atoms with E-state index in [9.17, 15) is 0 Å². The minimum Gasteiger partial charge on any atom is -0.378 e. The molecule has 0 spiro atoms. The molecule has 0 aromatic rings. The highest BCUT2D eigenvalue weighted by molar-refractivity contribution is 4.81. The molecular formula is C10H20N2O. The maximum atomic E-state index is 5.22. The average Bonchev–Trinajstić information content (AvgIpc) is 2.01. The SMILES string of the molecule is CC(C)N1CCCN(C2COC2)C1. The highest BCUT2D eigenvalue weighted by Gasteiger charge is 2.29. The molecule has 2 aliphatic heterocycles. The molecule has 3 heteroatoms. The van der Waals surface area contributed by atoms with E-state index in [1.807, 2.05) is 0 Å². The van der Waals surface area contributed by atoms with E-state index in [2.05, 4.69) is 23.6 Å². The standard InChI is InChI=1S/C10H20N2O/c1-9(2)11-4-3-5-12(8-11)10-6-13-7-10/h9-10H,3-8H2,1-2H3. The molecule has 0 N–H and O–H groups in total. The molecule has 0 radical (unpaired) electrons. The second-order valence-corrected chi connectivity index (χ2v) is 4.40. The van der Waals surface area contributed by atoms with Gasteiger partial charge in [-0.05, 0) is 20.3 Å². The summed E-state index contributed by atoms with van der Waals surface area (Å²) in [5.74, 6) is 0. The molecule has 2 aliphatic rings. The largest absolute Gasteiger partial charge is 0.378 e. The van der Waals surface area contributed by atoms with Crippen LogP contribution in [0.4, 0.5) is 0 Å². The van der Waals surface area contributed by atoms with Gasteiger partial charge in [0.2, 0.25) is 0 Å². The lowest BCUT2D eigenvalue weighted by molar-refractivity contribution is -0.0945. The summed E-state index contributed by atoms with van der Waals surface area (Å²) in [6.45, 7) is 10.1. The van der Waals surface area contributed by atoms with Gasteiger partial charge in [0.25, 0.3) is 0 Å². The summed E-state index contributed by atoms with van der Waals surface area (Å²) in [4.78, 5) is 5.11. The minimum atomic E-state index is 0.684. The summed E-state index contributed by atoms with van der Waals surface area (Å²) in [5, 5.41) is 0. The normalized spacial score (nSPS) is 27.9. The Hall–Kier alpha value is -0.120. The molecule has 2 fully saturated rings. The second-order valence-electron chi connectivity index (χ2n) is 4.40. The van der Waals surface area contributed by atoms with Gasteiger partial charge in [0, 0.05) is 19.1 Å². The molecule has 0 aliphatic carbocycles. The van der Waals surface area contributed by atoms with Crippen molar-refractivity contribution in [3.8, 4) is 0 Å². The Morgan fingerprint density at radius 1 is 1.23 bits per heavy atom. The molecule has 0 unspecified atom stereocenters. The lowest BCUT2D eigenvalue weighted by Gasteiger charge is -2.44. The van der Waals surface area contributed by atoms with Gasteiger partial charge in [0.05, 0.1) is 25.9 Å². The highest BCUT2D eigenvalue weighted by Crippen LogP contribution is 2.16. The Morgan fingerprint density at radius 2 is 2.00 bits per heavy atom. The highest BCUT2D eigenvalue weighted by atomic mass is 16.5. The topological polar surface area (TPSA) is 15.7 Å². The van der Waals surface area contributed by atoms with Crippen molar-refractivity contribution < 1.29 is 4.74 Å². The molecule has 0 aromatic heterocycles. The van der Waals surface area contributed by atoms with Gasteiger partial charge in [-0.25, -0.2) is 0 Å². The third-order valence-corrected chi connectivity index (χ3v) is 3.12. The van der Waals surface area contributed by atoms with E-state index in [-0.39, 0.29) is 0 Å². The van der Waals surface area contributed by atoms with Crippen molar-refractivity contribution >= 4 is 0 Å². The number of ether oxygens (including phenoxy) is 1. The van der Waals surface area contributed by atoms with Gasteiger partial charge < -0.3 is 4.74 Å². The molecule has 0 bridgehead atoms. The molecule has 13 heavy (non-hydrogen) atoms. The van der Waals surface area contributed by atoms with Gasteiger partial charge in [-0.3, -0.25) is 9.80 Å². The van der Waals surface area contributed by atoms with Crippen LogP contribution in [0.2, 0.25) is 0 Å². The average molecular weight is 184 g/mol. The zero-order valence-electron chi connectivity index (χ0n) is 8.70. The third-order valence-electron chi connectivity index (χ3n) is 3.12. The van der Waals surface area contributed by atoms with Gasteiger partial charge >= 0.3 is 0 Å². The van der Waals surface area contributed by atoms with E-state index in [1.54, 1.807) is 0 Å². The molecule has 0 aromatic carbocycles. The van der Waals surface area contributed by atoms with Crippen molar-refractivity contribution in [2.24, 2.45) is 0 Å². The Bertz CT molecular complexity index is 168. The first-order valence-electron chi connectivity index (χ1n) is 5.33. The molecule has 0 saturated carbocycles. The molecule has 3 nitrogen and oxygen atoms in total. The van der Waals surface area contributed by atoms with E-state index >= 15 is 0 Å². The molecule has 2 rings (SSSR count). The summed E-state index contributed by atoms with van der Waals surface area (Å²) in [6.07, 6.45) is 1.31. The maximum absolute atomic E-state index is 5.22. The van der Waals surface area contributed by atoms with Crippen LogP contribution in [-0.2, 0) is 4.74 Å². The zero-order chi connectivity index (χ0) is 9.26. The third kappa shape index (κ3) is 2.03. The lowest BCUT2D eigenvalue weighted by Crippen LogP contribution is -2.57. The first-order valence-corrected chi connectivity index (χ1v) is 5.33. The Balaban J connectivity index is 1.84. The molecule has 2 heterocycles. The smallest absolute Gasteiger partial charge is 0.0645 e. The van der Waals surface area contributed by atoms with Gasteiger partial charge in [-0.2, -0.15) is 0 Å². The van der Waals surface area contributed by atoms with E-state index in [1.165, 1.54) is 19.5 Å². The number of nitrogens with zero attached hydrogens (tertiary/aromatic N) is 2. The monoisotopic (exact) mass is 184 g/mol. The fraction of sp³-hybridized carbons (Fsp3) is 1.00. The van der Waals surface area contributed by atoms with Crippen molar-refractivity contribution in [3.05, 3.63) is 0 Å². The van der Waals surface area contributed by atoms with Crippen LogP contribution in [0.5, 0.6) is 0 Å². The second kappa shape index (κ2) is 3.95. The summed E-state index contributed by atoms with van der Waals surface area (Å²) >= 11 is 0. The summed E-state index contributed by atoms with van der Waals surface area (Å²) in [7, 11) is 0. The van der Waals surface area contributed by atoms with Crippen molar-refractivity contribution in [1.29, 1.82) is 0 Å². The van der Waals surface area contributed by atoms with Crippen LogP contribution in [0.25, 0.3) is 0 Å². The fourth-order valence-electron chi connectivity index (χ4n) is 2.01. The number of rotatable bonds is 2. The molecule has 76 valence electrons. The first-order chi connectivity index (χ1) is 6.27. The van der Waals surface area contributed by atoms with E-state index in [4.69, 9.17) is 4.74 Å². The summed E-state index contributed by atoms with van der Waals surface area (Å²) in [5.41, 5.74) is 0. The van der Waals surface area contributed by atoms with Gasteiger partial charge in [0.15, 0.2) is 0 Å². The number of hydrogen-bond acceptors (Lipinski definition) is 3. The van der Waals surface area contributed by atoms with Crippen LogP contribution in [-0.4, -0.2) is 54.9 Å². The summed E-state index contributed by atoms with van der Waals surface area (Å²) in [6, 6.07) is 1.39. The van der Waals surface area contributed by atoms with Crippen LogP contribution >= 0.6 is 0 Å². The predicted octanol–water partition coefficient (Wildman–Crippen LogP) is 0.759. The Labute approximate surface area is 80.6 Å². The van der Waals surface area contributed by atoms with E-state index < -0.39 is 0 Å².